The van der Waals surface area contributed by atoms with Crippen LogP contribution in [0.1, 0.15) is 155 Å². The van der Waals surface area contributed by atoms with Crippen LogP contribution in [0.25, 0.3) is 0 Å². The van der Waals surface area contributed by atoms with Crippen LogP contribution in [0.3, 0.4) is 0 Å². The summed E-state index contributed by atoms with van der Waals surface area (Å²) in [5.74, 6) is -2.10. The first kappa shape index (κ1) is 55.1. The van der Waals surface area contributed by atoms with Crippen molar-refractivity contribution in [3.8, 4) is 0 Å². The van der Waals surface area contributed by atoms with E-state index in [0.717, 1.165) is 51.4 Å². The third kappa shape index (κ3) is 31.0. The van der Waals surface area contributed by atoms with Gasteiger partial charge in [-0.2, -0.15) is 8.42 Å². The average Bonchev–Trinajstić information content (AvgIpc) is 3.21. The minimum Gasteiger partial charge on any atom is -0.462 e. The van der Waals surface area contributed by atoms with Gasteiger partial charge in [0.1, 0.15) is 36.8 Å². The smallest absolute Gasteiger partial charge is 0.306 e. The SMILES string of the molecule is CC/C=C/C/C=C/C/C=C/C/C=C/C/C=C/C/C=C/CCC(=O)O[C@H](COC(=O)CCCCCCCCCCCCCCC)CO[C@H]1O[C@H](CS(=O)(=O)O)[C@@H](O)C(O)C1O. The lowest BCUT2D eigenvalue weighted by molar-refractivity contribution is -0.297. The highest BCUT2D eigenvalue weighted by molar-refractivity contribution is 7.85. The molecule has 0 bridgehead atoms. The number of unbranched alkanes of at least 4 members (excludes halogenated alkanes) is 12. The molecule has 0 aromatic rings. The fraction of sp³-hybridized carbons (Fsp3) is 0.702. The summed E-state index contributed by atoms with van der Waals surface area (Å²) in [6.45, 7) is 3.57. The molecular weight excluding hydrogens is 789 g/mol. The zero-order valence-corrected chi connectivity index (χ0v) is 37.3. The highest BCUT2D eigenvalue weighted by Crippen LogP contribution is 2.24. The lowest BCUT2D eigenvalue weighted by atomic mass is 10.00. The number of rotatable bonds is 36. The van der Waals surface area contributed by atoms with Crippen LogP contribution in [-0.4, -0.2) is 96.0 Å². The third-order valence-electron chi connectivity index (χ3n) is 9.81. The molecule has 60 heavy (non-hydrogen) atoms. The van der Waals surface area contributed by atoms with Gasteiger partial charge >= 0.3 is 11.9 Å². The molecule has 344 valence electrons. The van der Waals surface area contributed by atoms with Crippen LogP contribution >= 0.6 is 0 Å². The molecule has 0 aromatic heterocycles. The fourth-order valence-corrected chi connectivity index (χ4v) is 7.04. The molecule has 1 aliphatic heterocycles. The first-order valence-electron chi connectivity index (χ1n) is 22.5. The lowest BCUT2D eigenvalue weighted by Gasteiger charge is -2.40. The molecule has 0 aromatic carbocycles. The van der Waals surface area contributed by atoms with Gasteiger partial charge in [-0.1, -0.05) is 164 Å². The number of ether oxygens (including phenoxy) is 4. The van der Waals surface area contributed by atoms with E-state index in [1.807, 2.05) is 18.2 Å². The molecule has 1 fully saturated rings. The summed E-state index contributed by atoms with van der Waals surface area (Å²) in [5.41, 5.74) is 0. The largest absolute Gasteiger partial charge is 0.462 e. The zero-order valence-electron chi connectivity index (χ0n) is 36.5. The Morgan fingerprint density at radius 3 is 1.53 bits per heavy atom. The number of hydrogen-bond acceptors (Lipinski definition) is 11. The van der Waals surface area contributed by atoms with E-state index in [1.165, 1.54) is 57.8 Å². The summed E-state index contributed by atoms with van der Waals surface area (Å²) < 4.78 is 53.9. The van der Waals surface area contributed by atoms with E-state index < -0.39 is 71.2 Å². The maximum Gasteiger partial charge on any atom is 0.306 e. The van der Waals surface area contributed by atoms with Crippen molar-refractivity contribution < 1.29 is 56.8 Å². The summed E-state index contributed by atoms with van der Waals surface area (Å²) in [6, 6.07) is 0. The monoisotopic (exact) mass is 867 g/mol. The van der Waals surface area contributed by atoms with E-state index in [0.29, 0.717) is 19.3 Å². The van der Waals surface area contributed by atoms with Crippen molar-refractivity contribution >= 4 is 22.1 Å². The molecule has 0 radical (unpaired) electrons. The van der Waals surface area contributed by atoms with E-state index in [9.17, 15) is 37.9 Å². The molecule has 13 heteroatoms. The van der Waals surface area contributed by atoms with Crippen LogP contribution < -0.4 is 0 Å². The summed E-state index contributed by atoms with van der Waals surface area (Å²) in [4.78, 5) is 25.4. The van der Waals surface area contributed by atoms with Crippen LogP contribution in [0, 0.1) is 0 Å². The Labute approximate surface area is 361 Å². The second kappa shape index (κ2) is 36.7. The molecule has 4 N–H and O–H groups in total. The fourth-order valence-electron chi connectivity index (χ4n) is 6.35. The molecule has 1 rings (SSSR count). The molecule has 2 unspecified atom stereocenters. The predicted octanol–water partition coefficient (Wildman–Crippen LogP) is 9.11. The van der Waals surface area contributed by atoms with Crippen molar-refractivity contribution in [2.75, 3.05) is 19.0 Å². The topological polar surface area (TPSA) is 186 Å². The number of carbonyl (C=O) groups excluding carboxylic acids is 2. The minimum atomic E-state index is -4.61. The first-order valence-corrected chi connectivity index (χ1v) is 24.1. The van der Waals surface area contributed by atoms with Gasteiger partial charge in [0.25, 0.3) is 10.1 Å². The van der Waals surface area contributed by atoms with Gasteiger partial charge in [-0.15, -0.1) is 0 Å². The van der Waals surface area contributed by atoms with Crippen LogP contribution in [0.5, 0.6) is 0 Å². The van der Waals surface area contributed by atoms with Gasteiger partial charge in [0, 0.05) is 12.8 Å². The average molecular weight is 867 g/mol. The second-order valence-corrected chi connectivity index (χ2v) is 16.8. The molecule has 12 nitrogen and oxygen atoms in total. The highest BCUT2D eigenvalue weighted by atomic mass is 32.2. The molecule has 1 aliphatic rings. The quantitative estimate of drug-likeness (QED) is 0.0203. The standard InChI is InChI=1S/C47H78O12S/c1-3-5-7-9-11-13-15-17-18-19-20-21-22-24-26-28-30-32-34-36-43(49)58-40(38-57-47-46(52)45(51)44(50)41(59-47)39-60(53,54)55)37-56-42(48)35-33-31-29-27-25-23-16-14-12-10-8-6-4-2/h5,7,11,13,17-18,20-21,24,26,30,32,40-41,44-47,50-52H,3-4,6,8-10,12,14-16,19,22-23,25,27-29,31,33-39H2,1-2H3,(H,53,54,55)/b7-5+,13-11+,18-17+,21-20+,26-24+,32-30+/t40-,41-,44-,45?,46?,47+/m1/s1. The van der Waals surface area contributed by atoms with E-state index in [4.69, 9.17) is 18.9 Å². The Balaban J connectivity index is 2.52. The molecule has 0 aliphatic carbocycles. The Morgan fingerprint density at radius 1 is 0.583 bits per heavy atom. The molecule has 0 saturated carbocycles. The summed E-state index contributed by atoms with van der Waals surface area (Å²) in [7, 11) is -4.61. The van der Waals surface area contributed by atoms with Gasteiger partial charge in [-0.3, -0.25) is 14.1 Å². The van der Waals surface area contributed by atoms with E-state index in [-0.39, 0.29) is 19.4 Å². The van der Waals surface area contributed by atoms with Crippen LogP contribution in [0.15, 0.2) is 72.9 Å². The maximum atomic E-state index is 12.8. The Hall–Kier alpha value is -2.91. The van der Waals surface area contributed by atoms with Crippen LogP contribution in [0.2, 0.25) is 0 Å². The van der Waals surface area contributed by atoms with Gasteiger partial charge in [0.2, 0.25) is 0 Å². The number of aliphatic hydroxyl groups is 3. The maximum absolute atomic E-state index is 12.8. The highest BCUT2D eigenvalue weighted by Gasteiger charge is 2.46. The van der Waals surface area contributed by atoms with E-state index in [2.05, 4.69) is 68.5 Å². The Morgan fingerprint density at radius 2 is 1.05 bits per heavy atom. The molecule has 1 heterocycles. The van der Waals surface area contributed by atoms with Crippen molar-refractivity contribution in [3.05, 3.63) is 72.9 Å². The minimum absolute atomic E-state index is 0.0372. The zero-order chi connectivity index (χ0) is 44.1. The van der Waals surface area contributed by atoms with Crippen molar-refractivity contribution in [1.29, 1.82) is 0 Å². The third-order valence-corrected chi connectivity index (χ3v) is 10.6. The number of hydrogen-bond donors (Lipinski definition) is 4. The molecule has 6 atom stereocenters. The number of aliphatic hydroxyl groups excluding tert-OH is 3. The molecule has 1 saturated heterocycles. The van der Waals surface area contributed by atoms with E-state index in [1.54, 1.807) is 0 Å². The Bertz CT molecular complexity index is 1390. The summed E-state index contributed by atoms with van der Waals surface area (Å²) in [5, 5.41) is 30.9. The van der Waals surface area contributed by atoms with Crippen molar-refractivity contribution in [1.82, 2.24) is 0 Å². The van der Waals surface area contributed by atoms with Crippen LogP contribution in [0.4, 0.5) is 0 Å². The van der Waals surface area contributed by atoms with Crippen molar-refractivity contribution in [3.63, 3.8) is 0 Å². The van der Waals surface area contributed by atoms with Gasteiger partial charge < -0.3 is 34.3 Å². The lowest BCUT2D eigenvalue weighted by Crippen LogP contribution is -2.60. The number of esters is 2. The number of carbonyl (C=O) groups is 2. The van der Waals surface area contributed by atoms with Crippen molar-refractivity contribution in [2.24, 2.45) is 0 Å². The van der Waals surface area contributed by atoms with Gasteiger partial charge in [0.15, 0.2) is 12.4 Å². The summed E-state index contributed by atoms with van der Waals surface area (Å²) >= 11 is 0. The van der Waals surface area contributed by atoms with Gasteiger partial charge in [-0.05, 0) is 51.4 Å². The second-order valence-electron chi connectivity index (χ2n) is 15.3. The molecule has 0 spiro atoms. The van der Waals surface area contributed by atoms with Crippen molar-refractivity contribution in [2.45, 2.75) is 192 Å². The molecule has 0 amide bonds. The summed E-state index contributed by atoms with van der Waals surface area (Å²) in [6.07, 6.45) is 36.7. The van der Waals surface area contributed by atoms with Gasteiger partial charge in [0.05, 0.1) is 6.61 Å². The molecular formula is C47H78O12S. The normalized spacial score (nSPS) is 20.8. The Kier molecular flexibility index (Phi) is 33.7. The predicted molar refractivity (Wildman–Crippen MR) is 238 cm³/mol. The van der Waals surface area contributed by atoms with Gasteiger partial charge in [-0.25, -0.2) is 0 Å². The number of allylic oxidation sites excluding steroid dienone is 12. The van der Waals surface area contributed by atoms with Crippen LogP contribution in [-0.2, 0) is 38.7 Å². The first-order chi connectivity index (χ1) is 29.0. The van der Waals surface area contributed by atoms with E-state index >= 15 is 0 Å².